The normalized spacial score (nSPS) is 10.5. The number of thioether (sulfide) groups is 1. The van der Waals surface area contributed by atoms with Gasteiger partial charge in [0, 0.05) is 34.9 Å². The maximum atomic E-state index is 12.2. The highest BCUT2D eigenvalue weighted by molar-refractivity contribution is 7.99. The molecule has 0 atom stereocenters. The second kappa shape index (κ2) is 8.09. The van der Waals surface area contributed by atoms with Crippen molar-refractivity contribution in [1.82, 2.24) is 9.55 Å². The molecule has 1 N–H and O–H groups in total. The van der Waals surface area contributed by atoms with Crippen molar-refractivity contribution in [2.45, 2.75) is 5.16 Å². The number of aromatic nitrogens is 2. The Morgan fingerprint density at radius 3 is 2.92 bits per heavy atom. The predicted octanol–water partition coefficient (Wildman–Crippen LogP) is 4.27. The summed E-state index contributed by atoms with van der Waals surface area (Å²) in [5.41, 5.74) is 1.60. The summed E-state index contributed by atoms with van der Waals surface area (Å²) in [6, 6.07) is 14.7. The summed E-state index contributed by atoms with van der Waals surface area (Å²) in [5.74, 6) is 0.829. The fourth-order valence-electron chi connectivity index (χ4n) is 2.25. The molecule has 0 aliphatic rings. The topological polar surface area (TPSA) is 56.1 Å². The van der Waals surface area contributed by atoms with E-state index in [2.05, 4.69) is 10.3 Å². The molecule has 0 saturated heterocycles. The van der Waals surface area contributed by atoms with Crippen LogP contribution in [-0.4, -0.2) is 28.3 Å². The van der Waals surface area contributed by atoms with E-state index in [1.807, 2.05) is 53.2 Å². The number of anilines is 1. The molecule has 0 aliphatic heterocycles. The maximum absolute atomic E-state index is 12.2. The van der Waals surface area contributed by atoms with Gasteiger partial charge in [0.05, 0.1) is 12.9 Å². The minimum atomic E-state index is -0.112. The lowest BCUT2D eigenvalue weighted by Gasteiger charge is -2.09. The molecule has 0 saturated carbocycles. The zero-order valence-corrected chi connectivity index (χ0v) is 15.1. The third-order valence-corrected chi connectivity index (χ3v) is 4.58. The van der Waals surface area contributed by atoms with Gasteiger partial charge in [0.1, 0.15) is 5.75 Å². The van der Waals surface area contributed by atoms with Gasteiger partial charge in [0.25, 0.3) is 0 Å². The average molecular weight is 374 g/mol. The van der Waals surface area contributed by atoms with Crippen molar-refractivity contribution in [2.24, 2.45) is 0 Å². The van der Waals surface area contributed by atoms with Crippen LogP contribution in [0.3, 0.4) is 0 Å². The largest absolute Gasteiger partial charge is 0.497 e. The molecule has 0 unspecified atom stereocenters. The second-order valence-corrected chi connectivity index (χ2v) is 6.51. The molecule has 1 aromatic heterocycles. The lowest BCUT2D eigenvalue weighted by molar-refractivity contribution is -0.113. The molecule has 1 heterocycles. The van der Waals surface area contributed by atoms with E-state index in [-0.39, 0.29) is 11.7 Å². The molecule has 2 aromatic carbocycles. The molecule has 5 nitrogen and oxygen atoms in total. The zero-order valence-electron chi connectivity index (χ0n) is 13.5. The third-order valence-electron chi connectivity index (χ3n) is 3.38. The molecule has 0 fully saturated rings. The molecule has 0 spiro atoms. The number of halogens is 1. The highest BCUT2D eigenvalue weighted by Gasteiger charge is 2.10. The molecule has 0 bridgehead atoms. The molecule has 128 valence electrons. The van der Waals surface area contributed by atoms with Gasteiger partial charge >= 0.3 is 0 Å². The number of nitrogens with one attached hydrogen (secondary N) is 1. The van der Waals surface area contributed by atoms with E-state index in [4.69, 9.17) is 16.3 Å². The number of amides is 1. The number of carbonyl (C=O) groups is 1. The predicted molar refractivity (Wildman–Crippen MR) is 101 cm³/mol. The number of nitrogens with zero attached hydrogens (tertiary/aromatic N) is 2. The van der Waals surface area contributed by atoms with Gasteiger partial charge in [-0.2, -0.15) is 0 Å². The molecular formula is C18H16ClN3O2S. The van der Waals surface area contributed by atoms with Crippen LogP contribution in [-0.2, 0) is 4.79 Å². The standard InChI is InChI=1S/C18H16ClN3O2S/c1-24-16-7-3-5-14(11-16)21-17(23)12-25-18-20-8-9-22(18)15-6-2-4-13(19)10-15/h2-11H,12H2,1H3,(H,21,23). The summed E-state index contributed by atoms with van der Waals surface area (Å²) in [4.78, 5) is 16.5. The van der Waals surface area contributed by atoms with Gasteiger partial charge in [-0.15, -0.1) is 0 Å². The molecule has 25 heavy (non-hydrogen) atoms. The van der Waals surface area contributed by atoms with Crippen LogP contribution in [0.1, 0.15) is 0 Å². The van der Waals surface area contributed by atoms with E-state index in [0.29, 0.717) is 16.5 Å². The first-order valence-electron chi connectivity index (χ1n) is 7.52. The monoisotopic (exact) mass is 373 g/mol. The van der Waals surface area contributed by atoms with Crippen LogP contribution in [0, 0.1) is 0 Å². The Hall–Kier alpha value is -2.44. The molecule has 0 aliphatic carbocycles. The summed E-state index contributed by atoms with van der Waals surface area (Å²) in [5, 5.41) is 4.23. The third kappa shape index (κ3) is 4.55. The first-order chi connectivity index (χ1) is 12.2. The molecular weight excluding hydrogens is 358 g/mol. The van der Waals surface area contributed by atoms with Gasteiger partial charge in [0.2, 0.25) is 5.91 Å². The van der Waals surface area contributed by atoms with E-state index < -0.39 is 0 Å². The Bertz CT molecular complexity index is 882. The molecule has 3 rings (SSSR count). The minimum absolute atomic E-state index is 0.112. The first kappa shape index (κ1) is 17.4. The van der Waals surface area contributed by atoms with Gasteiger partial charge in [-0.25, -0.2) is 4.98 Å². The Labute approximate surface area is 155 Å². The van der Waals surface area contributed by atoms with Gasteiger partial charge in [0.15, 0.2) is 5.16 Å². The SMILES string of the molecule is COc1cccc(NC(=O)CSc2nccn2-c2cccc(Cl)c2)c1. The van der Waals surface area contributed by atoms with Gasteiger partial charge in [-0.3, -0.25) is 9.36 Å². The fourth-order valence-corrected chi connectivity index (χ4v) is 3.20. The van der Waals surface area contributed by atoms with E-state index in [1.165, 1.54) is 11.8 Å². The lowest BCUT2D eigenvalue weighted by atomic mass is 10.3. The van der Waals surface area contributed by atoms with Crippen molar-refractivity contribution in [3.63, 3.8) is 0 Å². The Morgan fingerprint density at radius 2 is 2.12 bits per heavy atom. The highest BCUT2D eigenvalue weighted by Crippen LogP contribution is 2.23. The number of benzene rings is 2. The molecule has 0 radical (unpaired) electrons. The van der Waals surface area contributed by atoms with Crippen molar-refractivity contribution < 1.29 is 9.53 Å². The van der Waals surface area contributed by atoms with Crippen molar-refractivity contribution in [3.8, 4) is 11.4 Å². The quantitative estimate of drug-likeness (QED) is 0.656. The number of rotatable bonds is 6. The zero-order chi connectivity index (χ0) is 17.6. The van der Waals surface area contributed by atoms with Crippen LogP contribution in [0.15, 0.2) is 66.1 Å². The smallest absolute Gasteiger partial charge is 0.234 e. The Kier molecular flexibility index (Phi) is 5.63. The Morgan fingerprint density at radius 1 is 1.28 bits per heavy atom. The van der Waals surface area contributed by atoms with E-state index in [9.17, 15) is 4.79 Å². The van der Waals surface area contributed by atoms with Crippen LogP contribution in [0.2, 0.25) is 5.02 Å². The average Bonchev–Trinajstić information content (AvgIpc) is 3.09. The number of methoxy groups -OCH3 is 1. The molecule has 7 heteroatoms. The lowest BCUT2D eigenvalue weighted by Crippen LogP contribution is -2.14. The number of hydrogen-bond acceptors (Lipinski definition) is 4. The van der Waals surface area contributed by atoms with Crippen LogP contribution in [0.4, 0.5) is 5.69 Å². The second-order valence-electron chi connectivity index (χ2n) is 5.13. The fraction of sp³-hybridized carbons (Fsp3) is 0.111. The summed E-state index contributed by atoms with van der Waals surface area (Å²) < 4.78 is 7.05. The van der Waals surface area contributed by atoms with Crippen molar-refractivity contribution in [3.05, 3.63) is 65.9 Å². The van der Waals surface area contributed by atoms with Gasteiger partial charge < -0.3 is 10.1 Å². The van der Waals surface area contributed by atoms with E-state index in [1.54, 1.807) is 19.4 Å². The number of hydrogen-bond donors (Lipinski definition) is 1. The molecule has 3 aromatic rings. The minimum Gasteiger partial charge on any atom is -0.497 e. The van der Waals surface area contributed by atoms with E-state index >= 15 is 0 Å². The van der Waals surface area contributed by atoms with Crippen LogP contribution < -0.4 is 10.1 Å². The highest BCUT2D eigenvalue weighted by atomic mass is 35.5. The summed E-state index contributed by atoms with van der Waals surface area (Å²) in [6.45, 7) is 0. The van der Waals surface area contributed by atoms with Gasteiger partial charge in [-0.05, 0) is 30.3 Å². The van der Waals surface area contributed by atoms with Crippen LogP contribution in [0.25, 0.3) is 5.69 Å². The number of ether oxygens (including phenoxy) is 1. The van der Waals surface area contributed by atoms with Crippen molar-refractivity contribution >= 4 is 35.0 Å². The number of imidazole rings is 1. The van der Waals surface area contributed by atoms with Gasteiger partial charge in [-0.1, -0.05) is 35.5 Å². The summed E-state index contributed by atoms with van der Waals surface area (Å²) in [7, 11) is 1.59. The number of carbonyl (C=O) groups excluding carboxylic acids is 1. The maximum Gasteiger partial charge on any atom is 0.234 e. The summed E-state index contributed by atoms with van der Waals surface area (Å²) in [6.07, 6.45) is 3.54. The van der Waals surface area contributed by atoms with Crippen LogP contribution >= 0.6 is 23.4 Å². The van der Waals surface area contributed by atoms with Crippen molar-refractivity contribution in [1.29, 1.82) is 0 Å². The van der Waals surface area contributed by atoms with Crippen LogP contribution in [0.5, 0.6) is 5.75 Å². The Balaban J connectivity index is 1.64. The van der Waals surface area contributed by atoms with E-state index in [0.717, 1.165) is 10.8 Å². The molecule has 1 amide bonds. The summed E-state index contributed by atoms with van der Waals surface area (Å²) >= 11 is 7.40. The first-order valence-corrected chi connectivity index (χ1v) is 8.88. The van der Waals surface area contributed by atoms with Crippen molar-refractivity contribution in [2.75, 3.05) is 18.2 Å².